The third-order valence-electron chi connectivity index (χ3n) is 3.68. The van der Waals surface area contributed by atoms with Gasteiger partial charge in [-0.25, -0.2) is 0 Å². The maximum Gasteiger partial charge on any atom is 0.0479 e. The molecule has 3 nitrogen and oxygen atoms in total. The second-order valence-electron chi connectivity index (χ2n) is 4.80. The predicted octanol–water partition coefficient (Wildman–Crippen LogP) is 2.45. The molecule has 1 aliphatic rings. The zero-order valence-electron chi connectivity index (χ0n) is 10.1. The predicted molar refractivity (Wildman–Crippen MR) is 65.3 cm³/mol. The Labute approximate surface area is 97.6 Å². The molecule has 0 saturated heterocycles. The van der Waals surface area contributed by atoms with Crippen LogP contribution >= 0.6 is 0 Å². The van der Waals surface area contributed by atoms with Crippen molar-refractivity contribution in [2.24, 2.45) is 0 Å². The Morgan fingerprint density at radius 1 is 1.44 bits per heavy atom. The van der Waals surface area contributed by atoms with Crippen LogP contribution in [0.25, 0.3) is 0 Å². The number of aromatic nitrogens is 1. The number of H-pyrrole nitrogens is 1. The topological polar surface area (TPSA) is 37.0 Å². The fraction of sp³-hybridized carbons (Fsp3) is 0.692. The Hall–Kier alpha value is -0.800. The standard InChI is InChI=1S/C13H22N2O/c1-16-9-7-13(5-2-3-6-13)15-11-12-4-8-14-10-12/h4,8,10,14-15H,2-3,5-7,9,11H2,1H3. The number of methoxy groups -OCH3 is 1. The molecule has 90 valence electrons. The van der Waals surface area contributed by atoms with Crippen LogP contribution in [0.5, 0.6) is 0 Å². The normalized spacial score (nSPS) is 19.1. The van der Waals surface area contributed by atoms with Gasteiger partial charge in [0.25, 0.3) is 0 Å². The Bertz CT molecular complexity index is 289. The van der Waals surface area contributed by atoms with Gasteiger partial charge in [0.15, 0.2) is 0 Å². The minimum Gasteiger partial charge on any atom is -0.385 e. The van der Waals surface area contributed by atoms with E-state index in [9.17, 15) is 0 Å². The molecule has 0 aromatic carbocycles. The van der Waals surface area contributed by atoms with E-state index >= 15 is 0 Å². The number of ether oxygens (including phenoxy) is 1. The van der Waals surface area contributed by atoms with Crippen LogP contribution in [0.4, 0.5) is 0 Å². The highest BCUT2D eigenvalue weighted by molar-refractivity contribution is 5.09. The Balaban J connectivity index is 1.87. The van der Waals surface area contributed by atoms with E-state index < -0.39 is 0 Å². The molecule has 16 heavy (non-hydrogen) atoms. The first kappa shape index (κ1) is 11.7. The molecule has 0 bridgehead atoms. The summed E-state index contributed by atoms with van der Waals surface area (Å²) in [6.45, 7) is 1.83. The summed E-state index contributed by atoms with van der Waals surface area (Å²) >= 11 is 0. The highest BCUT2D eigenvalue weighted by Crippen LogP contribution is 2.32. The summed E-state index contributed by atoms with van der Waals surface area (Å²) in [6, 6.07) is 2.13. The van der Waals surface area contributed by atoms with E-state index in [0.29, 0.717) is 5.54 Å². The molecule has 1 aromatic heterocycles. The minimum absolute atomic E-state index is 0.327. The van der Waals surface area contributed by atoms with E-state index in [2.05, 4.69) is 22.6 Å². The van der Waals surface area contributed by atoms with Crippen molar-refractivity contribution in [3.8, 4) is 0 Å². The highest BCUT2D eigenvalue weighted by Gasteiger charge is 2.32. The van der Waals surface area contributed by atoms with Crippen molar-refractivity contribution >= 4 is 0 Å². The van der Waals surface area contributed by atoms with Gasteiger partial charge in [0.1, 0.15) is 0 Å². The van der Waals surface area contributed by atoms with Crippen LogP contribution in [0.2, 0.25) is 0 Å². The van der Waals surface area contributed by atoms with Gasteiger partial charge in [0.2, 0.25) is 0 Å². The number of aromatic amines is 1. The van der Waals surface area contributed by atoms with Gasteiger partial charge in [-0.15, -0.1) is 0 Å². The average molecular weight is 222 g/mol. The van der Waals surface area contributed by atoms with Crippen LogP contribution in [-0.4, -0.2) is 24.2 Å². The number of nitrogens with one attached hydrogen (secondary N) is 2. The summed E-state index contributed by atoms with van der Waals surface area (Å²) in [7, 11) is 1.79. The molecule has 3 heteroatoms. The molecule has 0 radical (unpaired) electrons. The maximum absolute atomic E-state index is 5.22. The monoisotopic (exact) mass is 222 g/mol. The van der Waals surface area contributed by atoms with E-state index in [4.69, 9.17) is 4.74 Å². The van der Waals surface area contributed by atoms with Gasteiger partial charge >= 0.3 is 0 Å². The number of hydrogen-bond donors (Lipinski definition) is 2. The summed E-state index contributed by atoms with van der Waals surface area (Å²) < 4.78 is 5.22. The molecule has 1 aromatic rings. The smallest absolute Gasteiger partial charge is 0.0479 e. The molecule has 2 N–H and O–H groups in total. The molecule has 1 heterocycles. The summed E-state index contributed by atoms with van der Waals surface area (Å²) in [5, 5.41) is 3.73. The van der Waals surface area contributed by atoms with Gasteiger partial charge in [-0.3, -0.25) is 0 Å². The first-order valence-corrected chi connectivity index (χ1v) is 6.20. The average Bonchev–Trinajstić information content (AvgIpc) is 2.96. The number of hydrogen-bond acceptors (Lipinski definition) is 2. The summed E-state index contributed by atoms with van der Waals surface area (Å²) in [6.07, 6.45) is 10.5. The fourth-order valence-corrected chi connectivity index (χ4v) is 2.62. The summed E-state index contributed by atoms with van der Waals surface area (Å²) in [5.74, 6) is 0. The largest absolute Gasteiger partial charge is 0.385 e. The lowest BCUT2D eigenvalue weighted by Crippen LogP contribution is -2.43. The lowest BCUT2D eigenvalue weighted by Gasteiger charge is -2.30. The van der Waals surface area contributed by atoms with Gasteiger partial charge in [-0.05, 0) is 30.9 Å². The van der Waals surface area contributed by atoms with Crippen LogP contribution in [0.15, 0.2) is 18.5 Å². The molecule has 0 aliphatic heterocycles. The Morgan fingerprint density at radius 2 is 2.25 bits per heavy atom. The molecule has 1 saturated carbocycles. The molecule has 0 atom stereocenters. The summed E-state index contributed by atoms with van der Waals surface area (Å²) in [4.78, 5) is 3.10. The van der Waals surface area contributed by atoms with Crippen molar-refractivity contribution in [3.05, 3.63) is 24.0 Å². The van der Waals surface area contributed by atoms with Crippen LogP contribution in [0.3, 0.4) is 0 Å². The Morgan fingerprint density at radius 3 is 2.88 bits per heavy atom. The van der Waals surface area contributed by atoms with E-state index in [1.165, 1.54) is 31.2 Å². The highest BCUT2D eigenvalue weighted by atomic mass is 16.5. The van der Waals surface area contributed by atoms with Crippen LogP contribution in [-0.2, 0) is 11.3 Å². The van der Waals surface area contributed by atoms with E-state index in [-0.39, 0.29) is 0 Å². The first-order valence-electron chi connectivity index (χ1n) is 6.20. The van der Waals surface area contributed by atoms with Gasteiger partial charge in [0.05, 0.1) is 0 Å². The molecule has 1 fully saturated rings. The lowest BCUT2D eigenvalue weighted by atomic mass is 9.93. The second kappa shape index (κ2) is 5.51. The fourth-order valence-electron chi connectivity index (χ4n) is 2.62. The molecule has 0 unspecified atom stereocenters. The van der Waals surface area contributed by atoms with Crippen molar-refractivity contribution in [1.29, 1.82) is 0 Å². The first-order chi connectivity index (χ1) is 7.85. The van der Waals surface area contributed by atoms with E-state index in [1.807, 2.05) is 6.20 Å². The van der Waals surface area contributed by atoms with Crippen molar-refractivity contribution in [1.82, 2.24) is 10.3 Å². The van der Waals surface area contributed by atoms with E-state index in [1.54, 1.807) is 7.11 Å². The lowest BCUT2D eigenvalue weighted by molar-refractivity contribution is 0.154. The SMILES string of the molecule is COCCC1(NCc2cc[nH]c2)CCCC1. The van der Waals surface area contributed by atoms with E-state index in [0.717, 1.165) is 19.6 Å². The third kappa shape index (κ3) is 2.86. The third-order valence-corrected chi connectivity index (χ3v) is 3.68. The van der Waals surface area contributed by atoms with Crippen LogP contribution in [0.1, 0.15) is 37.7 Å². The number of rotatable bonds is 6. The molecule has 1 aliphatic carbocycles. The molecular weight excluding hydrogens is 200 g/mol. The minimum atomic E-state index is 0.327. The van der Waals surface area contributed by atoms with Crippen molar-refractivity contribution in [2.75, 3.05) is 13.7 Å². The quantitative estimate of drug-likeness (QED) is 0.775. The molecular formula is C13H22N2O. The maximum atomic E-state index is 5.22. The Kier molecular flexibility index (Phi) is 4.02. The van der Waals surface area contributed by atoms with Gasteiger partial charge in [-0.2, -0.15) is 0 Å². The second-order valence-corrected chi connectivity index (χ2v) is 4.80. The molecule has 0 amide bonds. The van der Waals surface area contributed by atoms with Crippen LogP contribution < -0.4 is 5.32 Å². The zero-order chi connectivity index (χ0) is 11.3. The molecule has 0 spiro atoms. The molecule has 2 rings (SSSR count). The van der Waals surface area contributed by atoms with Gasteiger partial charge in [-0.1, -0.05) is 12.8 Å². The van der Waals surface area contributed by atoms with Crippen LogP contribution in [0, 0.1) is 0 Å². The van der Waals surface area contributed by atoms with Crippen molar-refractivity contribution in [2.45, 2.75) is 44.2 Å². The van der Waals surface area contributed by atoms with Gasteiger partial charge < -0.3 is 15.0 Å². The van der Waals surface area contributed by atoms with Crippen molar-refractivity contribution in [3.63, 3.8) is 0 Å². The zero-order valence-corrected chi connectivity index (χ0v) is 10.1. The van der Waals surface area contributed by atoms with Crippen molar-refractivity contribution < 1.29 is 4.74 Å². The van der Waals surface area contributed by atoms with Gasteiger partial charge in [0, 0.05) is 38.2 Å². The summed E-state index contributed by atoms with van der Waals surface area (Å²) in [5.41, 5.74) is 1.66.